The zero-order valence-electron chi connectivity index (χ0n) is 22.5. The highest BCUT2D eigenvalue weighted by molar-refractivity contribution is 5.98. The summed E-state index contributed by atoms with van der Waals surface area (Å²) in [5.41, 5.74) is 3.23. The van der Waals surface area contributed by atoms with Gasteiger partial charge in [-0.25, -0.2) is 19.7 Å². The number of fused-ring (bicyclic) bond motifs is 1. The van der Waals surface area contributed by atoms with Crippen LogP contribution in [-0.4, -0.2) is 56.7 Å². The number of carbonyl (C=O) groups is 1. The quantitative estimate of drug-likeness (QED) is 0.250. The number of benzene rings is 2. The molecule has 1 aliphatic heterocycles. The fourth-order valence-corrected chi connectivity index (χ4v) is 4.83. The van der Waals surface area contributed by atoms with E-state index in [9.17, 15) is 9.90 Å². The summed E-state index contributed by atoms with van der Waals surface area (Å²) in [6, 6.07) is 17.8. The van der Waals surface area contributed by atoms with Gasteiger partial charge in [-0.3, -0.25) is 0 Å². The molecule has 2 atom stereocenters. The van der Waals surface area contributed by atoms with Crippen LogP contribution in [0.4, 0.5) is 16.4 Å². The van der Waals surface area contributed by atoms with Gasteiger partial charge in [0.25, 0.3) is 0 Å². The van der Waals surface area contributed by atoms with E-state index in [1.165, 1.54) is 4.90 Å². The van der Waals surface area contributed by atoms with Gasteiger partial charge in [0.05, 0.1) is 23.2 Å². The van der Waals surface area contributed by atoms with Gasteiger partial charge in [0, 0.05) is 54.5 Å². The summed E-state index contributed by atoms with van der Waals surface area (Å²) in [7, 11) is 0. The van der Waals surface area contributed by atoms with E-state index in [2.05, 4.69) is 32.7 Å². The molecule has 10 heteroatoms. The predicted octanol–water partition coefficient (Wildman–Crippen LogP) is 5.92. The number of nitrogens with one attached hydrogen (secondary N) is 2. The number of anilines is 2. The Bertz CT molecular complexity index is 1570. The molecule has 4 aromatic rings. The fourth-order valence-electron chi connectivity index (χ4n) is 4.83. The van der Waals surface area contributed by atoms with Crippen LogP contribution in [0.15, 0.2) is 60.9 Å². The minimum atomic E-state index is -0.915. The number of carboxylic acid groups (broad SMARTS) is 1. The van der Waals surface area contributed by atoms with Crippen molar-refractivity contribution in [2.45, 2.75) is 32.7 Å². The number of piperidine rings is 1. The van der Waals surface area contributed by atoms with E-state index in [0.717, 1.165) is 34.9 Å². The van der Waals surface area contributed by atoms with Crippen LogP contribution in [0, 0.1) is 24.2 Å². The molecular formula is C30H31N7O3. The van der Waals surface area contributed by atoms with Crippen molar-refractivity contribution in [2.75, 3.05) is 30.3 Å². The van der Waals surface area contributed by atoms with E-state index in [-0.39, 0.29) is 12.0 Å². The molecule has 1 unspecified atom stereocenters. The van der Waals surface area contributed by atoms with Crippen LogP contribution in [0.5, 0.6) is 11.6 Å². The SMILES string of the molecule is Cc1ccc2c(NC[C@@H](C)C#N)cccc2c1Oc1ncccc1-c1ccnc(NC2CCCN(C(=O)O)C2)n1. The summed E-state index contributed by atoms with van der Waals surface area (Å²) in [4.78, 5) is 26.4. The number of nitrogens with zero attached hydrogens (tertiary/aromatic N) is 5. The molecule has 1 fully saturated rings. The van der Waals surface area contributed by atoms with Crippen LogP contribution < -0.4 is 15.4 Å². The second kappa shape index (κ2) is 11.9. The van der Waals surface area contributed by atoms with Gasteiger partial charge < -0.3 is 25.4 Å². The van der Waals surface area contributed by atoms with Crippen LogP contribution in [0.2, 0.25) is 0 Å². The maximum atomic E-state index is 11.4. The van der Waals surface area contributed by atoms with Gasteiger partial charge >= 0.3 is 6.09 Å². The van der Waals surface area contributed by atoms with Crippen molar-refractivity contribution in [3.63, 3.8) is 0 Å². The van der Waals surface area contributed by atoms with Crippen LogP contribution in [-0.2, 0) is 0 Å². The summed E-state index contributed by atoms with van der Waals surface area (Å²) in [6.45, 7) is 5.34. The molecule has 3 heterocycles. The first-order valence-electron chi connectivity index (χ1n) is 13.3. The lowest BCUT2D eigenvalue weighted by Gasteiger charge is -2.31. The highest BCUT2D eigenvalue weighted by Gasteiger charge is 2.24. The first-order chi connectivity index (χ1) is 19.4. The number of hydrogen-bond donors (Lipinski definition) is 3. The summed E-state index contributed by atoms with van der Waals surface area (Å²) in [5.74, 6) is 1.41. The predicted molar refractivity (Wildman–Crippen MR) is 154 cm³/mol. The lowest BCUT2D eigenvalue weighted by Crippen LogP contribution is -2.44. The number of aromatic nitrogens is 3. The first-order valence-corrected chi connectivity index (χ1v) is 13.3. The Hall–Kier alpha value is -4.91. The summed E-state index contributed by atoms with van der Waals surface area (Å²) in [6.07, 6.45) is 4.05. The lowest BCUT2D eigenvalue weighted by atomic mass is 10.0. The van der Waals surface area contributed by atoms with E-state index < -0.39 is 6.09 Å². The van der Waals surface area contributed by atoms with Crippen molar-refractivity contribution in [1.82, 2.24) is 19.9 Å². The Balaban J connectivity index is 1.43. The molecule has 204 valence electrons. The van der Waals surface area contributed by atoms with E-state index in [4.69, 9.17) is 15.0 Å². The number of hydrogen-bond acceptors (Lipinski definition) is 8. The number of rotatable bonds is 8. The molecule has 0 spiro atoms. The molecule has 0 aliphatic carbocycles. The largest absolute Gasteiger partial charge is 0.465 e. The second-order valence-corrected chi connectivity index (χ2v) is 9.96. The standard InChI is InChI=1S/C30H31N7O3/c1-19(16-31)17-34-25-9-3-7-23-22(25)11-10-20(2)27(23)40-28-24(8-4-13-32-28)26-12-14-33-29(36-26)35-21-6-5-15-37(18-21)30(38)39/h3-4,7-14,19,21,34H,5-6,15,17-18H2,1-2H3,(H,38,39)(H,33,35,36)/t19-,21?/m0/s1. The number of likely N-dealkylation sites (tertiary alicyclic amines) is 1. The minimum Gasteiger partial charge on any atom is -0.465 e. The third kappa shape index (κ3) is 5.89. The highest BCUT2D eigenvalue weighted by Crippen LogP contribution is 2.38. The number of aryl methyl sites for hydroxylation is 1. The summed E-state index contributed by atoms with van der Waals surface area (Å²) < 4.78 is 6.50. The molecule has 0 bridgehead atoms. The van der Waals surface area contributed by atoms with Gasteiger partial charge in [-0.2, -0.15) is 5.26 Å². The molecule has 1 amide bonds. The molecule has 1 aliphatic rings. The number of pyridine rings is 1. The molecule has 40 heavy (non-hydrogen) atoms. The smallest absolute Gasteiger partial charge is 0.407 e. The highest BCUT2D eigenvalue weighted by atomic mass is 16.5. The normalized spacial score (nSPS) is 15.7. The van der Waals surface area contributed by atoms with Gasteiger partial charge in [0.1, 0.15) is 5.75 Å². The van der Waals surface area contributed by atoms with Gasteiger partial charge in [-0.05, 0) is 56.5 Å². The van der Waals surface area contributed by atoms with Gasteiger partial charge in [-0.15, -0.1) is 0 Å². The molecule has 2 aromatic carbocycles. The Morgan fingerprint density at radius 3 is 2.88 bits per heavy atom. The van der Waals surface area contributed by atoms with Crippen LogP contribution >= 0.6 is 0 Å². The minimum absolute atomic E-state index is 0.0676. The van der Waals surface area contributed by atoms with Crippen molar-refractivity contribution in [3.05, 3.63) is 66.5 Å². The monoisotopic (exact) mass is 537 g/mol. The molecule has 10 nitrogen and oxygen atoms in total. The Morgan fingerprint density at radius 1 is 1.18 bits per heavy atom. The number of nitriles is 1. The van der Waals surface area contributed by atoms with E-state index in [0.29, 0.717) is 48.5 Å². The van der Waals surface area contributed by atoms with Crippen molar-refractivity contribution >= 4 is 28.5 Å². The van der Waals surface area contributed by atoms with Gasteiger partial charge in [0.2, 0.25) is 11.8 Å². The maximum Gasteiger partial charge on any atom is 0.407 e. The molecular weight excluding hydrogens is 506 g/mol. The average Bonchev–Trinajstić information content (AvgIpc) is 2.97. The summed E-state index contributed by atoms with van der Waals surface area (Å²) >= 11 is 0. The van der Waals surface area contributed by atoms with E-state index in [1.54, 1.807) is 18.5 Å². The molecule has 5 rings (SSSR count). The van der Waals surface area contributed by atoms with E-state index in [1.807, 2.05) is 50.2 Å². The third-order valence-corrected chi connectivity index (χ3v) is 6.95. The fraction of sp³-hybridized carbons (Fsp3) is 0.300. The van der Waals surface area contributed by atoms with Crippen molar-refractivity contribution in [2.24, 2.45) is 5.92 Å². The van der Waals surface area contributed by atoms with Crippen molar-refractivity contribution < 1.29 is 14.6 Å². The van der Waals surface area contributed by atoms with Gasteiger partial charge in [0.15, 0.2) is 0 Å². The third-order valence-electron chi connectivity index (χ3n) is 6.95. The molecule has 1 saturated heterocycles. The second-order valence-electron chi connectivity index (χ2n) is 9.96. The first kappa shape index (κ1) is 26.7. The summed E-state index contributed by atoms with van der Waals surface area (Å²) in [5, 5.41) is 27.1. The van der Waals surface area contributed by atoms with Crippen molar-refractivity contribution in [3.8, 4) is 29.0 Å². The Labute approximate surface area is 232 Å². The zero-order valence-corrected chi connectivity index (χ0v) is 22.5. The number of amides is 1. The van der Waals surface area contributed by atoms with Crippen LogP contribution in [0.25, 0.3) is 22.0 Å². The Morgan fingerprint density at radius 2 is 2.05 bits per heavy atom. The molecule has 0 radical (unpaired) electrons. The van der Waals surface area contributed by atoms with Crippen molar-refractivity contribution in [1.29, 1.82) is 5.26 Å². The lowest BCUT2D eigenvalue weighted by molar-refractivity contribution is 0.132. The average molecular weight is 538 g/mol. The van der Waals surface area contributed by atoms with Gasteiger partial charge in [-0.1, -0.05) is 24.3 Å². The molecule has 0 saturated carbocycles. The maximum absolute atomic E-state index is 11.4. The Kier molecular flexibility index (Phi) is 7.92. The zero-order chi connectivity index (χ0) is 28.1. The topological polar surface area (TPSA) is 136 Å². The molecule has 2 aromatic heterocycles. The van der Waals surface area contributed by atoms with Crippen LogP contribution in [0.3, 0.4) is 0 Å². The van der Waals surface area contributed by atoms with Crippen LogP contribution in [0.1, 0.15) is 25.3 Å². The van der Waals surface area contributed by atoms with E-state index >= 15 is 0 Å². The molecule has 3 N–H and O–H groups in total. The number of ether oxygens (including phenoxy) is 1.